The van der Waals surface area contributed by atoms with E-state index >= 15 is 0 Å². The average molecular weight is 338 g/mol. The molecule has 0 bridgehead atoms. The molecule has 1 aliphatic heterocycles. The maximum absolute atomic E-state index is 13.2. The van der Waals surface area contributed by atoms with E-state index in [1.54, 1.807) is 0 Å². The molecule has 1 fully saturated rings. The molecule has 0 radical (unpaired) electrons. The van der Waals surface area contributed by atoms with Crippen LogP contribution in [0.5, 0.6) is 0 Å². The number of hydrogen-bond acceptors (Lipinski definition) is 2. The first kappa shape index (κ1) is 17.9. The van der Waals surface area contributed by atoms with Crippen LogP contribution in [0.3, 0.4) is 0 Å². The molecule has 0 saturated carbocycles. The van der Waals surface area contributed by atoms with Crippen LogP contribution in [0.4, 0.5) is 0 Å². The van der Waals surface area contributed by atoms with Gasteiger partial charge in [-0.1, -0.05) is 70.2 Å². The van der Waals surface area contributed by atoms with Gasteiger partial charge in [0.25, 0.3) is 0 Å². The summed E-state index contributed by atoms with van der Waals surface area (Å²) in [5, 5.41) is 6.02. The molecule has 0 unspecified atom stereocenters. The van der Waals surface area contributed by atoms with Gasteiger partial charge in [0, 0.05) is 24.5 Å². The number of benzene rings is 2. The molecule has 134 valence electrons. The van der Waals surface area contributed by atoms with Crippen LogP contribution in [0.1, 0.15) is 46.1 Å². The monoisotopic (exact) mass is 338 g/mol. The van der Waals surface area contributed by atoms with E-state index in [1.165, 1.54) is 16.3 Å². The average Bonchev–Trinajstić information content (AvgIpc) is 3.13. The second-order valence-electron chi connectivity index (χ2n) is 8.07. The number of carbonyl (C=O) groups is 1. The number of hydrogen-bond donors (Lipinski definition) is 1. The van der Waals surface area contributed by atoms with Gasteiger partial charge in [0.05, 0.1) is 6.04 Å². The van der Waals surface area contributed by atoms with Crippen molar-refractivity contribution in [1.82, 2.24) is 10.2 Å². The number of nitrogens with one attached hydrogen (secondary N) is 1. The third kappa shape index (κ3) is 3.72. The molecule has 2 aromatic carbocycles. The van der Waals surface area contributed by atoms with Gasteiger partial charge in [0.2, 0.25) is 5.91 Å². The Morgan fingerprint density at radius 2 is 1.68 bits per heavy atom. The Balaban J connectivity index is 1.97. The van der Waals surface area contributed by atoms with Crippen LogP contribution >= 0.6 is 0 Å². The summed E-state index contributed by atoms with van der Waals surface area (Å²) in [6, 6.07) is 15.0. The minimum Gasteiger partial charge on any atom is -0.341 e. The molecule has 3 rings (SSSR count). The van der Waals surface area contributed by atoms with Gasteiger partial charge in [0.15, 0.2) is 0 Å². The minimum atomic E-state index is -0.284. The summed E-state index contributed by atoms with van der Waals surface area (Å²) in [5.74, 6) is 0.240. The second kappa shape index (κ2) is 7.17. The highest BCUT2D eigenvalue weighted by molar-refractivity contribution is 5.86. The molecule has 0 spiro atoms. The Morgan fingerprint density at radius 3 is 2.32 bits per heavy atom. The molecule has 25 heavy (non-hydrogen) atoms. The van der Waals surface area contributed by atoms with Crippen molar-refractivity contribution in [3.05, 3.63) is 48.0 Å². The number of rotatable bonds is 5. The first-order chi connectivity index (χ1) is 11.9. The van der Waals surface area contributed by atoms with Crippen LogP contribution in [-0.2, 0) is 10.2 Å². The summed E-state index contributed by atoms with van der Waals surface area (Å²) >= 11 is 0. The predicted octanol–water partition coefficient (Wildman–Crippen LogP) is 4.11. The Kier molecular flexibility index (Phi) is 5.14. The molecule has 1 heterocycles. The van der Waals surface area contributed by atoms with Crippen LogP contribution < -0.4 is 5.32 Å². The Bertz CT molecular complexity index is 745. The molecule has 1 atom stereocenters. The van der Waals surface area contributed by atoms with Gasteiger partial charge in [0.1, 0.15) is 0 Å². The lowest BCUT2D eigenvalue weighted by atomic mass is 9.76. The highest BCUT2D eigenvalue weighted by Gasteiger charge is 2.39. The number of amides is 1. The molecule has 1 amide bonds. The van der Waals surface area contributed by atoms with Crippen molar-refractivity contribution < 1.29 is 4.79 Å². The lowest BCUT2D eigenvalue weighted by Crippen LogP contribution is -2.56. The fraction of sp³-hybridized carbons (Fsp3) is 0.500. The summed E-state index contributed by atoms with van der Waals surface area (Å²) in [5.41, 5.74) is 0.922. The molecule has 1 aliphatic rings. The molecular formula is C22H30N2O. The van der Waals surface area contributed by atoms with Crippen LogP contribution in [0.15, 0.2) is 42.5 Å². The van der Waals surface area contributed by atoms with Crippen molar-refractivity contribution in [2.45, 2.75) is 58.0 Å². The zero-order chi connectivity index (χ0) is 18.0. The van der Waals surface area contributed by atoms with Crippen molar-refractivity contribution >= 4 is 16.7 Å². The van der Waals surface area contributed by atoms with Crippen molar-refractivity contribution in [3.63, 3.8) is 0 Å². The Labute approximate surface area is 151 Å². The fourth-order valence-corrected chi connectivity index (χ4v) is 3.80. The molecule has 0 aromatic heterocycles. The lowest BCUT2D eigenvalue weighted by Gasteiger charge is -2.38. The Hall–Kier alpha value is -1.87. The van der Waals surface area contributed by atoms with E-state index in [2.05, 4.69) is 75.5 Å². The molecule has 1 N–H and O–H groups in total. The number of likely N-dealkylation sites (tertiary alicyclic amines) is 1. The SMILES string of the molecule is CC(C)N[C@@H](C(=O)N1CCCC1)C(C)(C)c1ccc2ccccc2c1. The highest BCUT2D eigenvalue weighted by atomic mass is 16.2. The molecular weight excluding hydrogens is 308 g/mol. The standard InChI is InChI=1S/C22H30N2O/c1-16(2)23-20(21(25)24-13-7-8-14-24)22(3,4)19-12-11-17-9-5-6-10-18(17)15-19/h5-6,9-12,15-16,20,23H,7-8,13-14H2,1-4H3/t20-/m0/s1. The maximum Gasteiger partial charge on any atom is 0.240 e. The quantitative estimate of drug-likeness (QED) is 0.890. The van der Waals surface area contributed by atoms with E-state index in [0.29, 0.717) is 0 Å². The van der Waals surface area contributed by atoms with Gasteiger partial charge in [-0.25, -0.2) is 0 Å². The van der Waals surface area contributed by atoms with E-state index in [9.17, 15) is 4.79 Å². The normalized spacial score (nSPS) is 16.6. The minimum absolute atomic E-state index is 0.216. The lowest BCUT2D eigenvalue weighted by molar-refractivity contribution is -0.134. The van der Waals surface area contributed by atoms with Crippen molar-refractivity contribution in [2.24, 2.45) is 0 Å². The van der Waals surface area contributed by atoms with Crippen molar-refractivity contribution in [3.8, 4) is 0 Å². The largest absolute Gasteiger partial charge is 0.341 e. The zero-order valence-electron chi connectivity index (χ0n) is 15.9. The fourth-order valence-electron chi connectivity index (χ4n) is 3.80. The molecule has 2 aromatic rings. The molecule has 3 heteroatoms. The summed E-state index contributed by atoms with van der Waals surface area (Å²) in [6.07, 6.45) is 2.24. The van der Waals surface area contributed by atoms with Gasteiger partial charge < -0.3 is 10.2 Å². The van der Waals surface area contributed by atoms with Gasteiger partial charge in [-0.3, -0.25) is 4.79 Å². The molecule has 1 saturated heterocycles. The van der Waals surface area contributed by atoms with Crippen molar-refractivity contribution in [2.75, 3.05) is 13.1 Å². The smallest absolute Gasteiger partial charge is 0.240 e. The van der Waals surface area contributed by atoms with E-state index < -0.39 is 0 Å². The van der Waals surface area contributed by atoms with Crippen LogP contribution in [0.25, 0.3) is 10.8 Å². The summed E-state index contributed by atoms with van der Waals surface area (Å²) < 4.78 is 0. The highest BCUT2D eigenvalue weighted by Crippen LogP contribution is 2.31. The third-order valence-corrected chi connectivity index (χ3v) is 5.38. The molecule has 3 nitrogen and oxygen atoms in total. The topological polar surface area (TPSA) is 32.3 Å². The number of carbonyl (C=O) groups excluding carboxylic acids is 1. The van der Waals surface area contributed by atoms with Crippen LogP contribution in [0, 0.1) is 0 Å². The van der Waals surface area contributed by atoms with Gasteiger partial charge in [-0.2, -0.15) is 0 Å². The summed E-state index contributed by atoms with van der Waals surface area (Å²) in [6.45, 7) is 10.4. The first-order valence-electron chi connectivity index (χ1n) is 9.43. The van der Waals surface area contributed by atoms with E-state index in [0.717, 1.165) is 25.9 Å². The Morgan fingerprint density at radius 1 is 1.04 bits per heavy atom. The van der Waals surface area contributed by atoms with Gasteiger partial charge in [-0.15, -0.1) is 0 Å². The third-order valence-electron chi connectivity index (χ3n) is 5.38. The number of fused-ring (bicyclic) bond motifs is 1. The van der Waals surface area contributed by atoms with Crippen LogP contribution in [-0.4, -0.2) is 36.0 Å². The second-order valence-corrected chi connectivity index (χ2v) is 8.07. The summed E-state index contributed by atoms with van der Waals surface area (Å²) in [7, 11) is 0. The first-order valence-corrected chi connectivity index (χ1v) is 9.43. The van der Waals surface area contributed by atoms with Crippen molar-refractivity contribution in [1.29, 1.82) is 0 Å². The maximum atomic E-state index is 13.2. The number of nitrogens with zero attached hydrogens (tertiary/aromatic N) is 1. The van der Waals surface area contributed by atoms with E-state index in [1.807, 2.05) is 4.90 Å². The van der Waals surface area contributed by atoms with E-state index in [4.69, 9.17) is 0 Å². The summed E-state index contributed by atoms with van der Waals surface area (Å²) in [4.78, 5) is 15.3. The van der Waals surface area contributed by atoms with Crippen LogP contribution in [0.2, 0.25) is 0 Å². The van der Waals surface area contributed by atoms with Gasteiger partial charge >= 0.3 is 0 Å². The zero-order valence-corrected chi connectivity index (χ0v) is 15.9. The predicted molar refractivity (Wildman–Crippen MR) is 105 cm³/mol. The molecule has 0 aliphatic carbocycles. The van der Waals surface area contributed by atoms with Gasteiger partial charge in [-0.05, 0) is 29.2 Å². The van der Waals surface area contributed by atoms with E-state index in [-0.39, 0.29) is 23.4 Å².